The second-order valence-corrected chi connectivity index (χ2v) is 4.01. The summed E-state index contributed by atoms with van der Waals surface area (Å²) in [6.45, 7) is 2.04. The molecule has 2 aromatic rings. The molecule has 0 spiro atoms. The quantitative estimate of drug-likeness (QED) is 0.764. The molecule has 2 rings (SSSR count). The van der Waals surface area contributed by atoms with E-state index in [9.17, 15) is 4.39 Å². The summed E-state index contributed by atoms with van der Waals surface area (Å²) >= 11 is 0. The molecule has 0 aliphatic rings. The van der Waals surface area contributed by atoms with E-state index >= 15 is 0 Å². The predicted octanol–water partition coefficient (Wildman–Crippen LogP) is 3.31. The average molecular weight is 215 g/mol. The van der Waals surface area contributed by atoms with Crippen LogP contribution in [0.2, 0.25) is 0 Å². The van der Waals surface area contributed by atoms with Gasteiger partial charge in [-0.05, 0) is 42.7 Å². The van der Waals surface area contributed by atoms with Crippen LogP contribution in [0.25, 0.3) is 0 Å². The Kier molecular flexibility index (Phi) is 2.91. The van der Waals surface area contributed by atoms with Crippen LogP contribution in [0.5, 0.6) is 0 Å². The van der Waals surface area contributed by atoms with Crippen molar-refractivity contribution in [3.8, 4) is 0 Å². The lowest BCUT2D eigenvalue weighted by molar-refractivity contribution is 0.626. The van der Waals surface area contributed by atoms with E-state index in [4.69, 9.17) is 5.73 Å². The number of rotatable bonds is 2. The SMILES string of the molecule is Cc1cccc(Cc2cc(F)ccc2N)c1. The molecular weight excluding hydrogens is 201 g/mol. The highest BCUT2D eigenvalue weighted by molar-refractivity contribution is 5.49. The molecular formula is C14H14FN. The van der Waals surface area contributed by atoms with E-state index in [2.05, 4.69) is 6.07 Å². The molecule has 0 bridgehead atoms. The minimum Gasteiger partial charge on any atom is -0.398 e. The highest BCUT2D eigenvalue weighted by Crippen LogP contribution is 2.18. The first-order valence-corrected chi connectivity index (χ1v) is 5.24. The smallest absolute Gasteiger partial charge is 0.123 e. The molecule has 0 heterocycles. The molecule has 0 unspecified atom stereocenters. The zero-order chi connectivity index (χ0) is 11.5. The summed E-state index contributed by atoms with van der Waals surface area (Å²) in [6, 6.07) is 12.6. The van der Waals surface area contributed by atoms with Crippen LogP contribution in [0, 0.1) is 12.7 Å². The van der Waals surface area contributed by atoms with Crippen molar-refractivity contribution < 1.29 is 4.39 Å². The Balaban J connectivity index is 2.30. The van der Waals surface area contributed by atoms with Gasteiger partial charge in [0.2, 0.25) is 0 Å². The highest BCUT2D eigenvalue weighted by atomic mass is 19.1. The molecule has 0 aromatic heterocycles. The molecule has 0 saturated heterocycles. The zero-order valence-electron chi connectivity index (χ0n) is 9.20. The van der Waals surface area contributed by atoms with E-state index in [-0.39, 0.29) is 5.82 Å². The first-order chi connectivity index (χ1) is 7.65. The van der Waals surface area contributed by atoms with E-state index in [0.29, 0.717) is 12.1 Å². The van der Waals surface area contributed by atoms with Crippen molar-refractivity contribution >= 4 is 5.69 Å². The normalized spacial score (nSPS) is 10.4. The van der Waals surface area contributed by atoms with E-state index < -0.39 is 0 Å². The maximum Gasteiger partial charge on any atom is 0.123 e. The lowest BCUT2D eigenvalue weighted by atomic mass is 10.0. The molecule has 0 saturated carbocycles. The second kappa shape index (κ2) is 4.35. The third-order valence-electron chi connectivity index (χ3n) is 2.58. The van der Waals surface area contributed by atoms with Crippen molar-refractivity contribution in [2.24, 2.45) is 0 Å². The third kappa shape index (κ3) is 2.40. The van der Waals surface area contributed by atoms with Gasteiger partial charge in [-0.3, -0.25) is 0 Å². The van der Waals surface area contributed by atoms with Gasteiger partial charge >= 0.3 is 0 Å². The van der Waals surface area contributed by atoms with Crippen LogP contribution in [0.3, 0.4) is 0 Å². The fourth-order valence-corrected chi connectivity index (χ4v) is 1.77. The standard InChI is InChI=1S/C14H14FN/c1-10-3-2-4-11(7-10)8-12-9-13(15)5-6-14(12)16/h2-7,9H,8,16H2,1H3. The molecule has 0 aliphatic carbocycles. The van der Waals surface area contributed by atoms with Gasteiger partial charge in [-0.2, -0.15) is 0 Å². The van der Waals surface area contributed by atoms with Gasteiger partial charge in [0.05, 0.1) is 0 Å². The summed E-state index contributed by atoms with van der Waals surface area (Å²) in [6.07, 6.45) is 0.672. The number of nitrogens with two attached hydrogens (primary N) is 1. The van der Waals surface area contributed by atoms with Crippen molar-refractivity contribution in [1.29, 1.82) is 0 Å². The summed E-state index contributed by atoms with van der Waals surface area (Å²) < 4.78 is 13.1. The van der Waals surface area contributed by atoms with Crippen molar-refractivity contribution in [1.82, 2.24) is 0 Å². The van der Waals surface area contributed by atoms with Gasteiger partial charge in [-0.15, -0.1) is 0 Å². The molecule has 0 fully saturated rings. The van der Waals surface area contributed by atoms with Crippen molar-refractivity contribution in [3.05, 3.63) is 65.0 Å². The first-order valence-electron chi connectivity index (χ1n) is 5.24. The molecule has 0 radical (unpaired) electrons. The second-order valence-electron chi connectivity index (χ2n) is 4.01. The molecule has 2 N–H and O–H groups in total. The predicted molar refractivity (Wildman–Crippen MR) is 64.8 cm³/mol. The minimum absolute atomic E-state index is 0.239. The fraction of sp³-hybridized carbons (Fsp3) is 0.143. The molecule has 82 valence electrons. The van der Waals surface area contributed by atoms with Crippen molar-refractivity contribution in [2.45, 2.75) is 13.3 Å². The molecule has 2 aromatic carbocycles. The number of anilines is 1. The van der Waals surface area contributed by atoms with E-state index in [1.54, 1.807) is 6.07 Å². The van der Waals surface area contributed by atoms with Crippen molar-refractivity contribution in [3.63, 3.8) is 0 Å². The number of benzene rings is 2. The van der Waals surface area contributed by atoms with Crippen LogP contribution < -0.4 is 5.73 Å². The maximum absolute atomic E-state index is 13.1. The van der Waals surface area contributed by atoms with E-state index in [0.717, 1.165) is 11.1 Å². The Morgan fingerprint density at radius 1 is 1.12 bits per heavy atom. The summed E-state index contributed by atoms with van der Waals surface area (Å²) in [4.78, 5) is 0. The number of nitrogen functional groups attached to an aromatic ring is 1. The topological polar surface area (TPSA) is 26.0 Å². The lowest BCUT2D eigenvalue weighted by Crippen LogP contribution is -1.96. The van der Waals surface area contributed by atoms with Crippen LogP contribution in [0.15, 0.2) is 42.5 Å². The summed E-state index contributed by atoms with van der Waals surface area (Å²) in [7, 11) is 0. The largest absolute Gasteiger partial charge is 0.398 e. The highest BCUT2D eigenvalue weighted by Gasteiger charge is 2.02. The van der Waals surface area contributed by atoms with Gasteiger partial charge in [-0.1, -0.05) is 29.8 Å². The monoisotopic (exact) mass is 215 g/mol. The van der Waals surface area contributed by atoms with Gasteiger partial charge in [0, 0.05) is 5.69 Å². The van der Waals surface area contributed by atoms with Crippen LogP contribution in [0.1, 0.15) is 16.7 Å². The molecule has 0 aliphatic heterocycles. The Hall–Kier alpha value is -1.83. The molecule has 0 atom stereocenters. The Bertz CT molecular complexity index is 506. The Morgan fingerprint density at radius 3 is 2.69 bits per heavy atom. The first kappa shape index (κ1) is 10.7. The van der Waals surface area contributed by atoms with Gasteiger partial charge in [0.25, 0.3) is 0 Å². The molecule has 0 amide bonds. The average Bonchev–Trinajstić information content (AvgIpc) is 2.24. The molecule has 1 nitrogen and oxygen atoms in total. The Morgan fingerprint density at radius 2 is 1.94 bits per heavy atom. The third-order valence-corrected chi connectivity index (χ3v) is 2.58. The van der Waals surface area contributed by atoms with Gasteiger partial charge in [0.1, 0.15) is 5.82 Å². The van der Waals surface area contributed by atoms with Crippen LogP contribution in [-0.4, -0.2) is 0 Å². The molecule has 16 heavy (non-hydrogen) atoms. The zero-order valence-corrected chi connectivity index (χ0v) is 9.20. The maximum atomic E-state index is 13.1. The van der Waals surface area contributed by atoms with Crippen LogP contribution >= 0.6 is 0 Å². The van der Waals surface area contributed by atoms with Crippen molar-refractivity contribution in [2.75, 3.05) is 5.73 Å². The summed E-state index contributed by atoms with van der Waals surface area (Å²) in [5, 5.41) is 0. The number of hydrogen-bond acceptors (Lipinski definition) is 1. The summed E-state index contributed by atoms with van der Waals surface area (Å²) in [5.74, 6) is -0.239. The Labute approximate surface area is 94.7 Å². The van der Waals surface area contributed by atoms with E-state index in [1.165, 1.54) is 17.7 Å². The lowest BCUT2D eigenvalue weighted by Gasteiger charge is -2.06. The number of halogens is 1. The molecule has 2 heteroatoms. The van der Waals surface area contributed by atoms with Crippen LogP contribution in [-0.2, 0) is 6.42 Å². The fourth-order valence-electron chi connectivity index (χ4n) is 1.77. The van der Waals surface area contributed by atoms with Gasteiger partial charge in [0.15, 0.2) is 0 Å². The van der Waals surface area contributed by atoms with Gasteiger partial charge in [-0.25, -0.2) is 4.39 Å². The van der Waals surface area contributed by atoms with Gasteiger partial charge < -0.3 is 5.73 Å². The van der Waals surface area contributed by atoms with Crippen LogP contribution in [0.4, 0.5) is 10.1 Å². The van der Waals surface area contributed by atoms with E-state index in [1.807, 2.05) is 25.1 Å². The summed E-state index contributed by atoms with van der Waals surface area (Å²) in [5.41, 5.74) is 9.64. The number of aryl methyl sites for hydroxylation is 1. The number of hydrogen-bond donors (Lipinski definition) is 1. The minimum atomic E-state index is -0.239.